The summed E-state index contributed by atoms with van der Waals surface area (Å²) in [4.78, 5) is 27.2. The topological polar surface area (TPSA) is 87.7 Å². The first-order valence-electron chi connectivity index (χ1n) is 7.69. The SMILES string of the molecule is CN(C)c1ncc2nc(-c3cc(F)cc(F)c3)c(=O)n(CCC#N)c2n1. The van der Waals surface area contributed by atoms with E-state index >= 15 is 0 Å². The molecular weight excluding hydrogens is 342 g/mol. The van der Waals surface area contributed by atoms with E-state index in [0.717, 1.165) is 12.1 Å². The van der Waals surface area contributed by atoms with E-state index in [1.165, 1.54) is 10.8 Å². The normalized spacial score (nSPS) is 10.7. The first-order chi connectivity index (χ1) is 12.4. The van der Waals surface area contributed by atoms with Gasteiger partial charge in [0.1, 0.15) is 22.8 Å². The van der Waals surface area contributed by atoms with Crippen LogP contribution in [-0.4, -0.2) is 33.6 Å². The van der Waals surface area contributed by atoms with E-state index < -0.39 is 17.2 Å². The number of aromatic nitrogens is 4. The molecule has 0 aliphatic rings. The smallest absolute Gasteiger partial charge is 0.278 e. The van der Waals surface area contributed by atoms with Crippen molar-refractivity contribution in [3.8, 4) is 17.3 Å². The summed E-state index contributed by atoms with van der Waals surface area (Å²) in [7, 11) is 3.49. The van der Waals surface area contributed by atoms with Gasteiger partial charge in [0, 0.05) is 32.3 Å². The minimum atomic E-state index is -0.816. The molecule has 3 aromatic rings. The minimum Gasteiger partial charge on any atom is -0.347 e. The van der Waals surface area contributed by atoms with Crippen LogP contribution in [0.4, 0.5) is 14.7 Å². The predicted octanol–water partition coefficient (Wildman–Crippen LogP) is 2.11. The van der Waals surface area contributed by atoms with Gasteiger partial charge in [0.15, 0.2) is 5.65 Å². The van der Waals surface area contributed by atoms with Crippen LogP contribution in [0.3, 0.4) is 0 Å². The molecule has 26 heavy (non-hydrogen) atoms. The Morgan fingerprint density at radius 1 is 1.19 bits per heavy atom. The third-order valence-electron chi connectivity index (χ3n) is 3.66. The number of fused-ring (bicyclic) bond motifs is 1. The maximum absolute atomic E-state index is 13.6. The first kappa shape index (κ1) is 17.4. The maximum atomic E-state index is 13.6. The zero-order valence-electron chi connectivity index (χ0n) is 14.1. The molecule has 0 saturated heterocycles. The van der Waals surface area contributed by atoms with Crippen molar-refractivity contribution in [1.29, 1.82) is 5.26 Å². The minimum absolute atomic E-state index is 0.0109. The molecule has 0 aliphatic heterocycles. The van der Waals surface area contributed by atoms with Crippen molar-refractivity contribution in [2.75, 3.05) is 19.0 Å². The Morgan fingerprint density at radius 3 is 2.50 bits per heavy atom. The summed E-state index contributed by atoms with van der Waals surface area (Å²) >= 11 is 0. The lowest BCUT2D eigenvalue weighted by molar-refractivity contribution is 0.584. The highest BCUT2D eigenvalue weighted by Gasteiger charge is 2.16. The Kier molecular flexibility index (Phi) is 4.58. The Hall–Kier alpha value is -3.41. The third-order valence-corrected chi connectivity index (χ3v) is 3.66. The van der Waals surface area contributed by atoms with Crippen molar-refractivity contribution in [1.82, 2.24) is 19.5 Å². The van der Waals surface area contributed by atoms with E-state index in [9.17, 15) is 13.6 Å². The number of nitrogens with zero attached hydrogens (tertiary/aromatic N) is 6. The van der Waals surface area contributed by atoms with Crippen LogP contribution in [0.5, 0.6) is 0 Å². The highest BCUT2D eigenvalue weighted by molar-refractivity contribution is 5.74. The Labute approximate surface area is 147 Å². The fourth-order valence-corrected chi connectivity index (χ4v) is 2.49. The second-order valence-electron chi connectivity index (χ2n) is 5.76. The van der Waals surface area contributed by atoms with Crippen molar-refractivity contribution in [2.45, 2.75) is 13.0 Å². The summed E-state index contributed by atoms with van der Waals surface area (Å²) in [5, 5.41) is 8.87. The van der Waals surface area contributed by atoms with E-state index in [0.29, 0.717) is 12.0 Å². The number of anilines is 1. The van der Waals surface area contributed by atoms with Crippen molar-refractivity contribution in [3.05, 3.63) is 46.4 Å². The molecule has 0 bridgehead atoms. The van der Waals surface area contributed by atoms with Gasteiger partial charge >= 0.3 is 0 Å². The Bertz CT molecular complexity index is 1070. The van der Waals surface area contributed by atoms with Crippen LogP contribution in [0.25, 0.3) is 22.4 Å². The molecule has 0 saturated carbocycles. The van der Waals surface area contributed by atoms with Crippen LogP contribution in [-0.2, 0) is 6.54 Å². The van der Waals surface area contributed by atoms with Gasteiger partial charge < -0.3 is 4.90 Å². The summed E-state index contributed by atoms with van der Waals surface area (Å²) in [6.07, 6.45) is 1.50. The molecule has 0 aliphatic carbocycles. The molecular formula is C17H14F2N6O. The number of aryl methyl sites for hydroxylation is 1. The van der Waals surface area contributed by atoms with Gasteiger partial charge in [-0.25, -0.2) is 18.7 Å². The van der Waals surface area contributed by atoms with Gasteiger partial charge in [0.05, 0.1) is 18.7 Å². The van der Waals surface area contributed by atoms with E-state index in [-0.39, 0.29) is 35.4 Å². The molecule has 0 fully saturated rings. The summed E-state index contributed by atoms with van der Waals surface area (Å²) in [5.41, 5.74) is -0.162. The quantitative estimate of drug-likeness (QED) is 0.711. The van der Waals surface area contributed by atoms with Gasteiger partial charge in [0.2, 0.25) is 5.95 Å². The fraction of sp³-hybridized carbons (Fsp3) is 0.235. The lowest BCUT2D eigenvalue weighted by Crippen LogP contribution is -2.25. The second-order valence-corrected chi connectivity index (χ2v) is 5.76. The molecule has 9 heteroatoms. The molecule has 7 nitrogen and oxygen atoms in total. The highest BCUT2D eigenvalue weighted by atomic mass is 19.1. The summed E-state index contributed by atoms with van der Waals surface area (Å²) in [6, 6.07) is 4.74. The molecule has 0 atom stereocenters. The molecule has 132 valence electrons. The average molecular weight is 356 g/mol. The Morgan fingerprint density at radius 2 is 1.88 bits per heavy atom. The third kappa shape index (κ3) is 3.21. The summed E-state index contributed by atoms with van der Waals surface area (Å²) in [6.45, 7) is 0.0725. The fourth-order valence-electron chi connectivity index (χ4n) is 2.49. The molecule has 0 radical (unpaired) electrons. The van der Waals surface area contributed by atoms with Crippen LogP contribution < -0.4 is 10.5 Å². The van der Waals surface area contributed by atoms with Gasteiger partial charge in [0.25, 0.3) is 5.56 Å². The lowest BCUT2D eigenvalue weighted by atomic mass is 10.1. The largest absolute Gasteiger partial charge is 0.347 e. The predicted molar refractivity (Wildman–Crippen MR) is 91.5 cm³/mol. The van der Waals surface area contributed by atoms with Gasteiger partial charge in [-0.15, -0.1) is 0 Å². The van der Waals surface area contributed by atoms with E-state index in [2.05, 4.69) is 15.0 Å². The van der Waals surface area contributed by atoms with Gasteiger partial charge in [-0.3, -0.25) is 9.36 Å². The van der Waals surface area contributed by atoms with Gasteiger partial charge in [-0.05, 0) is 12.1 Å². The molecule has 0 spiro atoms. The van der Waals surface area contributed by atoms with Crippen LogP contribution in [0.15, 0.2) is 29.2 Å². The number of hydrogen-bond donors (Lipinski definition) is 0. The van der Waals surface area contributed by atoms with Crippen molar-refractivity contribution >= 4 is 17.1 Å². The first-order valence-corrected chi connectivity index (χ1v) is 7.69. The monoisotopic (exact) mass is 356 g/mol. The zero-order valence-corrected chi connectivity index (χ0v) is 14.1. The molecule has 3 rings (SSSR count). The van der Waals surface area contributed by atoms with Crippen LogP contribution in [0.2, 0.25) is 0 Å². The second kappa shape index (κ2) is 6.84. The molecule has 2 aromatic heterocycles. The number of nitriles is 1. The number of halogens is 2. The number of rotatable bonds is 4. The molecule has 0 amide bonds. The summed E-state index contributed by atoms with van der Waals surface area (Å²) < 4.78 is 28.4. The van der Waals surface area contributed by atoms with E-state index in [4.69, 9.17) is 5.26 Å². The maximum Gasteiger partial charge on any atom is 0.278 e. The van der Waals surface area contributed by atoms with Crippen molar-refractivity contribution in [3.63, 3.8) is 0 Å². The van der Waals surface area contributed by atoms with E-state index in [1.807, 2.05) is 6.07 Å². The Balaban J connectivity index is 2.32. The molecule has 0 N–H and O–H groups in total. The van der Waals surface area contributed by atoms with Crippen molar-refractivity contribution in [2.24, 2.45) is 0 Å². The van der Waals surface area contributed by atoms with Crippen LogP contribution in [0, 0.1) is 23.0 Å². The molecule has 2 heterocycles. The lowest BCUT2D eigenvalue weighted by Gasteiger charge is -2.14. The summed E-state index contributed by atoms with van der Waals surface area (Å²) in [5.74, 6) is -1.26. The average Bonchev–Trinajstić information content (AvgIpc) is 2.59. The standard InChI is InChI=1S/C17H14F2N6O/c1-24(2)17-21-9-13-15(23-17)25(5-3-4-20)16(26)14(22-13)10-6-11(18)8-12(19)7-10/h6-9H,3,5H2,1-2H3. The highest BCUT2D eigenvalue weighted by Crippen LogP contribution is 2.20. The van der Waals surface area contributed by atoms with E-state index in [1.54, 1.807) is 19.0 Å². The number of hydrogen-bond acceptors (Lipinski definition) is 6. The van der Waals surface area contributed by atoms with Crippen LogP contribution >= 0.6 is 0 Å². The van der Waals surface area contributed by atoms with Crippen LogP contribution in [0.1, 0.15) is 6.42 Å². The van der Waals surface area contributed by atoms with Crippen molar-refractivity contribution < 1.29 is 8.78 Å². The van der Waals surface area contributed by atoms with Gasteiger partial charge in [-0.2, -0.15) is 10.2 Å². The molecule has 1 aromatic carbocycles. The van der Waals surface area contributed by atoms with Gasteiger partial charge in [-0.1, -0.05) is 0 Å². The zero-order chi connectivity index (χ0) is 18.8. The molecule has 0 unspecified atom stereocenters. The number of benzene rings is 1.